The molecule has 2 atom stereocenters. The van der Waals surface area contributed by atoms with Gasteiger partial charge >= 0.3 is 6.09 Å². The van der Waals surface area contributed by atoms with E-state index in [4.69, 9.17) is 4.74 Å². The fourth-order valence-corrected chi connectivity index (χ4v) is 6.57. The van der Waals surface area contributed by atoms with Crippen molar-refractivity contribution in [2.75, 3.05) is 19.6 Å². The summed E-state index contributed by atoms with van der Waals surface area (Å²) in [4.78, 5) is 15.5. The maximum absolute atomic E-state index is 13.0. The predicted octanol–water partition coefficient (Wildman–Crippen LogP) is 6.24. The van der Waals surface area contributed by atoms with Crippen LogP contribution < -0.4 is 5.32 Å². The van der Waals surface area contributed by atoms with Gasteiger partial charge in [-0.25, -0.2) is 4.79 Å². The Kier molecular flexibility index (Phi) is 5.29. The summed E-state index contributed by atoms with van der Waals surface area (Å²) in [5.74, 6) is 0.538. The average Bonchev–Trinajstić information content (AvgIpc) is 3.61. The molecule has 2 aromatic rings. The zero-order valence-electron chi connectivity index (χ0n) is 20.9. The maximum atomic E-state index is 13.0. The molecule has 7 rings (SSSR count). The second-order valence-corrected chi connectivity index (χ2v) is 12.3. The van der Waals surface area contributed by atoms with Crippen molar-refractivity contribution in [3.63, 3.8) is 0 Å². The van der Waals surface area contributed by atoms with E-state index in [1.54, 1.807) is 0 Å². The van der Waals surface area contributed by atoms with Crippen LogP contribution in [0.4, 0.5) is 4.79 Å². The lowest BCUT2D eigenvalue weighted by Gasteiger charge is -2.44. The Labute approximate surface area is 204 Å². The third-order valence-corrected chi connectivity index (χ3v) is 9.05. The molecule has 3 heterocycles. The van der Waals surface area contributed by atoms with Gasteiger partial charge < -0.3 is 10.1 Å². The molecule has 4 nitrogen and oxygen atoms in total. The first kappa shape index (κ1) is 22.2. The van der Waals surface area contributed by atoms with Gasteiger partial charge in [-0.1, -0.05) is 63.2 Å². The lowest BCUT2D eigenvalue weighted by molar-refractivity contribution is -0.0347. The molecule has 3 aliphatic heterocycles. The number of aryl methyl sites for hydroxylation is 1. The lowest BCUT2D eigenvalue weighted by Crippen LogP contribution is -2.53. The number of rotatable bonds is 3. The van der Waals surface area contributed by atoms with Crippen LogP contribution in [0.3, 0.4) is 0 Å². The smallest absolute Gasteiger partial charge is 0.407 e. The van der Waals surface area contributed by atoms with Gasteiger partial charge in [0, 0.05) is 6.54 Å². The van der Waals surface area contributed by atoms with E-state index in [9.17, 15) is 4.79 Å². The second-order valence-electron chi connectivity index (χ2n) is 12.3. The molecular weight excluding hydrogens is 420 g/mol. The highest BCUT2D eigenvalue weighted by Gasteiger charge is 2.53. The highest BCUT2D eigenvalue weighted by Crippen LogP contribution is 2.61. The Balaban J connectivity index is 1.20. The van der Waals surface area contributed by atoms with E-state index in [0.717, 1.165) is 45.3 Å². The van der Waals surface area contributed by atoms with E-state index in [1.165, 1.54) is 40.7 Å². The summed E-state index contributed by atoms with van der Waals surface area (Å²) in [6, 6.07) is 15.9. The molecular formula is C30H38N2O2. The number of nitrogens with one attached hydrogen (secondary N) is 1. The standard InChI is InChI=1S/C30H38N2O2/c1-29(2,3)24-7-4-20(5-8-24)22-6-9-25-23(18-22)10-13-30(14-15-30)27(25)31-28(33)34-26-19-32-16-11-21(26)12-17-32/h4-9,18,21,26-27H,10-17,19H2,1-3H3,(H,31,33)/t26-,27?/m1/s1. The lowest BCUT2D eigenvalue weighted by atomic mass is 9.76. The van der Waals surface area contributed by atoms with Crippen molar-refractivity contribution in [3.05, 3.63) is 59.2 Å². The zero-order valence-corrected chi connectivity index (χ0v) is 20.9. The number of nitrogens with zero attached hydrogens (tertiary/aromatic N) is 1. The highest BCUT2D eigenvalue weighted by atomic mass is 16.6. The monoisotopic (exact) mass is 458 g/mol. The van der Waals surface area contributed by atoms with Crippen LogP contribution in [0, 0.1) is 11.3 Å². The first-order valence-corrected chi connectivity index (χ1v) is 13.2. The molecule has 1 saturated carbocycles. The first-order valence-electron chi connectivity index (χ1n) is 13.2. The van der Waals surface area contributed by atoms with Crippen LogP contribution in [0.15, 0.2) is 42.5 Å². The number of hydrogen-bond acceptors (Lipinski definition) is 3. The zero-order chi connectivity index (χ0) is 23.5. The minimum Gasteiger partial charge on any atom is -0.445 e. The van der Waals surface area contributed by atoms with E-state index in [2.05, 4.69) is 73.5 Å². The number of alkyl carbamates (subject to hydrolysis) is 1. The fourth-order valence-electron chi connectivity index (χ4n) is 6.57. The van der Waals surface area contributed by atoms with Gasteiger partial charge in [0.2, 0.25) is 0 Å². The molecule has 2 aromatic carbocycles. The normalized spacial score (nSPS) is 28.9. The number of fused-ring (bicyclic) bond motifs is 4. The van der Waals surface area contributed by atoms with Crippen LogP contribution in [0.25, 0.3) is 11.1 Å². The molecule has 1 amide bonds. The van der Waals surface area contributed by atoms with Crippen molar-refractivity contribution in [2.45, 2.75) is 76.9 Å². The number of amides is 1. The topological polar surface area (TPSA) is 41.6 Å². The van der Waals surface area contributed by atoms with Crippen LogP contribution in [-0.2, 0) is 16.6 Å². The van der Waals surface area contributed by atoms with Crippen LogP contribution in [0.1, 0.15) is 75.6 Å². The van der Waals surface area contributed by atoms with Gasteiger partial charge in [-0.05, 0) is 96.2 Å². The van der Waals surface area contributed by atoms with Crippen LogP contribution in [-0.4, -0.2) is 36.7 Å². The van der Waals surface area contributed by atoms with Gasteiger partial charge in [-0.15, -0.1) is 0 Å². The Morgan fingerprint density at radius 2 is 1.71 bits per heavy atom. The molecule has 2 aliphatic carbocycles. The highest BCUT2D eigenvalue weighted by molar-refractivity contribution is 5.70. The quantitative estimate of drug-likeness (QED) is 0.592. The third-order valence-electron chi connectivity index (χ3n) is 9.05. The summed E-state index contributed by atoms with van der Waals surface area (Å²) < 4.78 is 6.00. The average molecular weight is 459 g/mol. The predicted molar refractivity (Wildman–Crippen MR) is 136 cm³/mol. The molecule has 0 radical (unpaired) electrons. The minimum absolute atomic E-state index is 0.0548. The van der Waals surface area contributed by atoms with Crippen LogP contribution >= 0.6 is 0 Å². The third kappa shape index (κ3) is 4.04. The summed E-state index contributed by atoms with van der Waals surface area (Å²) in [7, 11) is 0. The SMILES string of the molecule is CC(C)(C)c1ccc(-c2ccc3c(c2)CCC2(CC2)C3NC(=O)O[C@@H]2CN3CCC2CC3)cc1. The molecule has 1 N–H and O–H groups in total. The number of benzene rings is 2. The Morgan fingerprint density at radius 3 is 2.32 bits per heavy atom. The number of carbonyl (C=O) groups is 1. The van der Waals surface area contributed by atoms with Crippen molar-refractivity contribution in [3.8, 4) is 11.1 Å². The molecule has 2 bridgehead atoms. The van der Waals surface area contributed by atoms with Gasteiger partial charge in [-0.2, -0.15) is 0 Å². The van der Waals surface area contributed by atoms with Gasteiger partial charge in [-0.3, -0.25) is 4.90 Å². The van der Waals surface area contributed by atoms with Crippen LogP contribution in [0.5, 0.6) is 0 Å². The van der Waals surface area contributed by atoms with E-state index in [1.807, 2.05) is 0 Å². The maximum Gasteiger partial charge on any atom is 0.407 e. The molecule has 1 spiro atoms. The second kappa shape index (κ2) is 8.12. The minimum atomic E-state index is -0.218. The van der Waals surface area contributed by atoms with Crippen molar-refractivity contribution < 1.29 is 9.53 Å². The molecule has 4 fully saturated rings. The van der Waals surface area contributed by atoms with Gasteiger partial charge in [0.05, 0.1) is 6.04 Å². The molecule has 3 saturated heterocycles. The van der Waals surface area contributed by atoms with Crippen molar-refractivity contribution in [1.29, 1.82) is 0 Å². The summed E-state index contributed by atoms with van der Waals surface area (Å²) in [6.45, 7) is 9.98. The molecule has 5 aliphatic rings. The Hall–Kier alpha value is -2.33. The number of piperidine rings is 3. The Bertz CT molecular complexity index is 1070. The van der Waals surface area contributed by atoms with E-state index in [0.29, 0.717) is 5.92 Å². The number of ether oxygens (including phenoxy) is 1. The van der Waals surface area contributed by atoms with Gasteiger partial charge in [0.15, 0.2) is 0 Å². The van der Waals surface area contributed by atoms with Crippen molar-refractivity contribution in [1.82, 2.24) is 10.2 Å². The van der Waals surface area contributed by atoms with E-state index in [-0.39, 0.29) is 29.1 Å². The summed E-state index contributed by atoms with van der Waals surface area (Å²) in [5, 5.41) is 3.34. The number of carbonyl (C=O) groups excluding carboxylic acids is 1. The van der Waals surface area contributed by atoms with E-state index < -0.39 is 0 Å². The molecule has 1 unspecified atom stereocenters. The molecule has 0 aromatic heterocycles. The van der Waals surface area contributed by atoms with Crippen molar-refractivity contribution >= 4 is 6.09 Å². The molecule has 34 heavy (non-hydrogen) atoms. The Morgan fingerprint density at radius 1 is 1.00 bits per heavy atom. The fraction of sp³-hybridized carbons (Fsp3) is 0.567. The number of hydrogen-bond donors (Lipinski definition) is 1. The van der Waals surface area contributed by atoms with Gasteiger partial charge in [0.25, 0.3) is 0 Å². The molecule has 4 heteroatoms. The van der Waals surface area contributed by atoms with E-state index >= 15 is 0 Å². The van der Waals surface area contributed by atoms with Crippen molar-refractivity contribution in [2.24, 2.45) is 11.3 Å². The largest absolute Gasteiger partial charge is 0.445 e. The first-order chi connectivity index (χ1) is 16.3. The summed E-state index contributed by atoms with van der Waals surface area (Å²) >= 11 is 0. The summed E-state index contributed by atoms with van der Waals surface area (Å²) in [6.07, 6.45) is 6.80. The van der Waals surface area contributed by atoms with Gasteiger partial charge in [0.1, 0.15) is 6.10 Å². The van der Waals surface area contributed by atoms with Crippen LogP contribution in [0.2, 0.25) is 0 Å². The molecule has 180 valence electrons. The summed E-state index contributed by atoms with van der Waals surface area (Å²) in [5.41, 5.74) is 6.95.